The van der Waals surface area contributed by atoms with Crippen LogP contribution in [0, 0.1) is 37.7 Å². The van der Waals surface area contributed by atoms with Crippen LogP contribution in [0.4, 0.5) is 0 Å². The van der Waals surface area contributed by atoms with E-state index in [0.717, 1.165) is 0 Å². The molecule has 0 atom stereocenters. The van der Waals surface area contributed by atoms with E-state index in [0.29, 0.717) is 10.8 Å². The van der Waals surface area contributed by atoms with Crippen LogP contribution in [0.3, 0.4) is 0 Å². The number of hydrogen-bond donors (Lipinski definition) is 0. The van der Waals surface area contributed by atoms with E-state index in [4.69, 9.17) is 16.0 Å². The first-order valence-electron chi connectivity index (χ1n) is 3.91. The van der Waals surface area contributed by atoms with Crippen molar-refractivity contribution in [2.45, 2.75) is 0 Å². The van der Waals surface area contributed by atoms with Gasteiger partial charge in [0.1, 0.15) is 0 Å². The molecule has 0 amide bonds. The van der Waals surface area contributed by atoms with Gasteiger partial charge in [-0.05, 0) is 29.1 Å². The van der Waals surface area contributed by atoms with E-state index in [1.807, 2.05) is 0 Å². The zero-order chi connectivity index (χ0) is 10.1. The molecule has 3 nitrogen and oxygen atoms in total. The van der Waals surface area contributed by atoms with Crippen molar-refractivity contribution in [3.05, 3.63) is 46.5 Å². The molecule has 1 heterocycles. The number of carbonyl (C=O) groups excluding carboxylic acids is 1. The van der Waals surface area contributed by atoms with Crippen LogP contribution < -0.4 is 5.63 Å². The summed E-state index contributed by atoms with van der Waals surface area (Å²) in [5.41, 5.74) is -0.549. The Morgan fingerprint density at radius 3 is 2.60 bits per heavy atom. The molecule has 1 aromatic carbocycles. The molecule has 5 heteroatoms. The van der Waals surface area contributed by atoms with E-state index in [9.17, 15) is 9.59 Å². The normalized spacial score (nSPS) is 9.67. The molecule has 0 saturated carbocycles. The number of halogens is 1. The summed E-state index contributed by atoms with van der Waals surface area (Å²) in [5, 5.41) is 0.315. The quantitative estimate of drug-likeness (QED) is 0.727. The van der Waals surface area contributed by atoms with Gasteiger partial charge in [-0.3, -0.25) is 4.79 Å². The topological polar surface area (TPSA) is 47.3 Å². The first-order valence-corrected chi connectivity index (χ1v) is 4.29. The molecule has 0 radical (unpaired) electrons. The summed E-state index contributed by atoms with van der Waals surface area (Å²) >= 11 is 5.20. The van der Waals surface area contributed by atoms with Gasteiger partial charge in [0.25, 0.3) is 5.24 Å². The van der Waals surface area contributed by atoms with E-state index in [1.54, 1.807) is 24.3 Å². The first-order chi connectivity index (χ1) is 6.68. The van der Waals surface area contributed by atoms with E-state index >= 15 is 0 Å². The van der Waals surface area contributed by atoms with E-state index in [-0.39, 0.29) is 43.5 Å². The number of rotatable bonds is 1. The van der Waals surface area contributed by atoms with Crippen LogP contribution in [0.25, 0.3) is 10.8 Å². The number of carbonyl (C=O) groups is 1. The fraction of sp³-hybridized carbons (Fsp3) is 0. The summed E-state index contributed by atoms with van der Waals surface area (Å²) < 4.78 is 4.71. The molecular weight excluding hydrogens is 244 g/mol. The average molecular weight is 249 g/mol. The Morgan fingerprint density at radius 2 is 1.93 bits per heavy atom. The van der Waals surface area contributed by atoms with E-state index in [1.165, 1.54) is 6.07 Å². The molecule has 2 aromatic rings. The van der Waals surface area contributed by atoms with Crippen LogP contribution in [-0.4, -0.2) is 5.24 Å². The summed E-state index contributed by atoms with van der Waals surface area (Å²) in [6.07, 6.45) is 0. The summed E-state index contributed by atoms with van der Waals surface area (Å²) in [6.45, 7) is 0. The van der Waals surface area contributed by atoms with Gasteiger partial charge in [0, 0.05) is 37.7 Å². The summed E-state index contributed by atoms with van der Waals surface area (Å²) in [7, 11) is 0. The van der Waals surface area contributed by atoms with Gasteiger partial charge in [0.2, 0.25) is 0 Å². The summed E-state index contributed by atoms with van der Waals surface area (Å²) in [5.74, 6) is -0.129. The van der Waals surface area contributed by atoms with Crippen molar-refractivity contribution in [3.8, 4) is 0 Å². The molecule has 0 unspecified atom stereocenters. The number of hydrogen-bond acceptors (Lipinski definition) is 3. The Morgan fingerprint density at radius 1 is 1.27 bits per heavy atom. The van der Waals surface area contributed by atoms with E-state index < -0.39 is 10.9 Å². The van der Waals surface area contributed by atoms with Gasteiger partial charge >= 0.3 is 5.63 Å². The predicted molar refractivity (Wildman–Crippen MR) is 52.7 cm³/mol. The zero-order valence-corrected chi connectivity index (χ0v) is 8.81. The molecule has 0 N–H and O–H groups in total. The summed E-state index contributed by atoms with van der Waals surface area (Å²) in [6, 6.07) is 8.29. The van der Waals surface area contributed by atoms with E-state index in [2.05, 4.69) is 0 Å². The standard InChI is InChI=1S/C10H5ClO3.Ar/c11-9(12)8-5-6-3-1-2-4-7(6)10(13)14-8;/h1-5H;. The van der Waals surface area contributed by atoms with Crippen LogP contribution in [-0.2, 0) is 0 Å². The van der Waals surface area contributed by atoms with Crippen molar-refractivity contribution in [2.75, 3.05) is 0 Å². The maximum absolute atomic E-state index is 11.3. The Balaban J connectivity index is 0.00000112. The van der Waals surface area contributed by atoms with Crippen molar-refractivity contribution < 1.29 is 46.9 Å². The largest absolute Gasteiger partial charge is 0.418 e. The third kappa shape index (κ3) is 2.61. The molecule has 1 aromatic heterocycles. The second-order valence-corrected chi connectivity index (χ2v) is 3.10. The van der Waals surface area contributed by atoms with Gasteiger partial charge < -0.3 is 4.42 Å². The molecule has 15 heavy (non-hydrogen) atoms. The van der Waals surface area contributed by atoms with Gasteiger partial charge in [-0.25, -0.2) is 4.79 Å². The van der Waals surface area contributed by atoms with Crippen molar-refractivity contribution in [2.24, 2.45) is 0 Å². The minimum absolute atomic E-state index is 0. The van der Waals surface area contributed by atoms with Crippen molar-refractivity contribution in [3.63, 3.8) is 0 Å². The van der Waals surface area contributed by atoms with Gasteiger partial charge in [-0.1, -0.05) is 18.2 Å². The fourth-order valence-electron chi connectivity index (χ4n) is 1.23. The Labute approximate surface area is 120 Å². The van der Waals surface area contributed by atoms with Crippen LogP contribution in [0.15, 0.2) is 39.5 Å². The van der Waals surface area contributed by atoms with Gasteiger partial charge in [0.05, 0.1) is 5.39 Å². The van der Waals surface area contributed by atoms with Crippen molar-refractivity contribution in [1.29, 1.82) is 0 Å². The number of benzene rings is 1. The zero-order valence-electron chi connectivity index (χ0n) is 7.34. The molecule has 0 bridgehead atoms. The van der Waals surface area contributed by atoms with Crippen LogP contribution in [0.2, 0.25) is 0 Å². The Kier molecular flexibility index (Phi) is 4.34. The third-order valence-corrected chi connectivity index (χ3v) is 2.05. The molecule has 0 fully saturated rings. The monoisotopic (exact) mass is 248 g/mol. The minimum Gasteiger partial charge on any atom is -0.418 e. The molecule has 78 valence electrons. The van der Waals surface area contributed by atoms with Crippen LogP contribution >= 0.6 is 11.6 Å². The molecular formula is C10H5ArClO3. The molecule has 2 rings (SSSR count). The second-order valence-electron chi connectivity index (χ2n) is 2.76. The SMILES string of the molecule is O=C(Cl)c1cc2ccccc2c(=O)o1.[Ar]. The molecule has 0 aliphatic heterocycles. The Hall–Kier alpha value is -0.350. The maximum atomic E-state index is 11.3. The first kappa shape index (κ1) is 12.7. The van der Waals surface area contributed by atoms with Gasteiger partial charge in [-0.2, -0.15) is 0 Å². The number of fused-ring (bicyclic) bond motifs is 1. The van der Waals surface area contributed by atoms with Crippen molar-refractivity contribution >= 4 is 27.6 Å². The van der Waals surface area contributed by atoms with Crippen molar-refractivity contribution in [1.82, 2.24) is 0 Å². The summed E-state index contributed by atoms with van der Waals surface area (Å²) in [4.78, 5) is 22.1. The van der Waals surface area contributed by atoms with Gasteiger partial charge in [0.15, 0.2) is 5.76 Å². The second kappa shape index (κ2) is 5.12. The molecule has 0 aliphatic rings. The Bertz CT molecular complexity index is 562. The van der Waals surface area contributed by atoms with Gasteiger partial charge in [-0.15, -0.1) is 0 Å². The molecule has 0 saturated heterocycles. The molecule has 0 aliphatic carbocycles. The average Bonchev–Trinajstić information content (AvgIpc) is 2.17. The van der Waals surface area contributed by atoms with Crippen LogP contribution in [0.5, 0.6) is 0 Å². The minimum atomic E-state index is -0.771. The maximum Gasteiger partial charge on any atom is 0.344 e. The van der Waals surface area contributed by atoms with Crippen LogP contribution in [0.1, 0.15) is 10.6 Å². The predicted octanol–water partition coefficient (Wildman–Crippen LogP) is 2.17. The smallest absolute Gasteiger partial charge is 0.344 e. The fourth-order valence-corrected chi connectivity index (χ4v) is 1.32. The third-order valence-electron chi connectivity index (χ3n) is 1.86. The molecule has 0 spiro atoms.